The van der Waals surface area contributed by atoms with Crippen LogP contribution in [-0.2, 0) is 6.61 Å². The number of aryl methyl sites for hydroxylation is 3. The van der Waals surface area contributed by atoms with E-state index in [0.29, 0.717) is 6.61 Å². The first-order valence-corrected chi connectivity index (χ1v) is 6.11. The second-order valence-corrected chi connectivity index (χ2v) is 4.75. The van der Waals surface area contributed by atoms with Gasteiger partial charge < -0.3 is 10.5 Å². The van der Waals surface area contributed by atoms with Crippen LogP contribution in [0.2, 0.25) is 0 Å². The first kappa shape index (κ1) is 12.5. The van der Waals surface area contributed by atoms with Crippen LogP contribution in [0.25, 0.3) is 0 Å². The Bertz CT molecular complexity index is 521. The number of hydrogen-bond donors (Lipinski definition) is 1. The highest BCUT2D eigenvalue weighted by Gasteiger charge is 2.03. The molecule has 18 heavy (non-hydrogen) atoms. The van der Waals surface area contributed by atoms with Crippen LogP contribution in [0.5, 0.6) is 5.75 Å². The van der Waals surface area contributed by atoms with Crippen LogP contribution in [-0.4, -0.2) is 0 Å². The SMILES string of the molecule is Cc1ccc(COc2cc(C)c(N)c(C)c2)cc1. The van der Waals surface area contributed by atoms with Crippen molar-refractivity contribution in [1.29, 1.82) is 0 Å². The van der Waals surface area contributed by atoms with Crippen molar-refractivity contribution in [2.75, 3.05) is 5.73 Å². The zero-order valence-electron chi connectivity index (χ0n) is 11.2. The van der Waals surface area contributed by atoms with Gasteiger partial charge in [-0.05, 0) is 49.6 Å². The Balaban J connectivity index is 2.08. The van der Waals surface area contributed by atoms with Gasteiger partial charge in [-0.1, -0.05) is 29.8 Å². The third-order valence-corrected chi connectivity index (χ3v) is 3.09. The minimum Gasteiger partial charge on any atom is -0.489 e. The first-order valence-electron chi connectivity index (χ1n) is 6.11. The number of nitrogen functional groups attached to an aromatic ring is 1. The molecule has 0 unspecified atom stereocenters. The topological polar surface area (TPSA) is 35.2 Å². The number of ether oxygens (including phenoxy) is 1. The van der Waals surface area contributed by atoms with Crippen LogP contribution in [0.15, 0.2) is 36.4 Å². The molecule has 0 saturated carbocycles. The molecule has 2 N–H and O–H groups in total. The maximum atomic E-state index is 5.92. The average Bonchev–Trinajstić information content (AvgIpc) is 2.35. The van der Waals surface area contributed by atoms with E-state index in [9.17, 15) is 0 Å². The molecule has 2 nitrogen and oxygen atoms in total. The Morgan fingerprint density at radius 3 is 2.06 bits per heavy atom. The van der Waals surface area contributed by atoms with E-state index in [1.807, 2.05) is 26.0 Å². The molecule has 0 aliphatic heterocycles. The van der Waals surface area contributed by atoms with E-state index in [2.05, 4.69) is 31.2 Å². The Hall–Kier alpha value is -1.96. The fourth-order valence-electron chi connectivity index (χ4n) is 1.87. The molecule has 0 aromatic heterocycles. The van der Waals surface area contributed by atoms with E-state index in [1.165, 1.54) is 11.1 Å². The van der Waals surface area contributed by atoms with Gasteiger partial charge in [0.05, 0.1) is 0 Å². The van der Waals surface area contributed by atoms with Crippen molar-refractivity contribution in [2.24, 2.45) is 0 Å². The third-order valence-electron chi connectivity index (χ3n) is 3.09. The van der Waals surface area contributed by atoms with Crippen LogP contribution < -0.4 is 10.5 Å². The molecule has 2 heteroatoms. The molecule has 0 amide bonds. The van der Waals surface area contributed by atoms with Crippen LogP contribution in [0.1, 0.15) is 22.3 Å². The van der Waals surface area contributed by atoms with Crippen molar-refractivity contribution in [2.45, 2.75) is 27.4 Å². The maximum absolute atomic E-state index is 5.92. The Morgan fingerprint density at radius 1 is 0.944 bits per heavy atom. The molecule has 94 valence electrons. The smallest absolute Gasteiger partial charge is 0.120 e. The number of nitrogens with two attached hydrogens (primary N) is 1. The Morgan fingerprint density at radius 2 is 1.50 bits per heavy atom. The molecule has 0 spiro atoms. The summed E-state index contributed by atoms with van der Waals surface area (Å²) in [6, 6.07) is 12.3. The molecule has 0 atom stereocenters. The molecule has 0 fully saturated rings. The van der Waals surface area contributed by atoms with Crippen molar-refractivity contribution in [3.8, 4) is 5.75 Å². The van der Waals surface area contributed by atoms with Gasteiger partial charge in [0, 0.05) is 5.69 Å². The van der Waals surface area contributed by atoms with Gasteiger partial charge in [0.2, 0.25) is 0 Å². The molecular formula is C16H19NO. The molecule has 0 aliphatic rings. The van der Waals surface area contributed by atoms with Crippen molar-refractivity contribution < 1.29 is 4.74 Å². The molecule has 2 aromatic rings. The van der Waals surface area contributed by atoms with Gasteiger partial charge >= 0.3 is 0 Å². The lowest BCUT2D eigenvalue weighted by atomic mass is 10.1. The summed E-state index contributed by atoms with van der Waals surface area (Å²) in [6.07, 6.45) is 0. The fraction of sp³-hybridized carbons (Fsp3) is 0.250. The summed E-state index contributed by atoms with van der Waals surface area (Å²) in [5.74, 6) is 0.875. The summed E-state index contributed by atoms with van der Waals surface area (Å²) in [4.78, 5) is 0. The highest BCUT2D eigenvalue weighted by molar-refractivity contribution is 5.56. The lowest BCUT2D eigenvalue weighted by Gasteiger charge is -2.11. The van der Waals surface area contributed by atoms with Gasteiger partial charge in [0.15, 0.2) is 0 Å². The largest absolute Gasteiger partial charge is 0.489 e. The van der Waals surface area contributed by atoms with E-state index in [0.717, 1.165) is 22.6 Å². The maximum Gasteiger partial charge on any atom is 0.120 e. The van der Waals surface area contributed by atoms with E-state index in [4.69, 9.17) is 10.5 Å². The van der Waals surface area contributed by atoms with Gasteiger partial charge in [-0.15, -0.1) is 0 Å². The number of benzene rings is 2. The van der Waals surface area contributed by atoms with E-state index < -0.39 is 0 Å². The molecule has 0 bridgehead atoms. The lowest BCUT2D eigenvalue weighted by Crippen LogP contribution is -1.99. The van der Waals surface area contributed by atoms with Crippen LogP contribution in [0, 0.1) is 20.8 Å². The lowest BCUT2D eigenvalue weighted by molar-refractivity contribution is 0.306. The summed E-state index contributed by atoms with van der Waals surface area (Å²) in [7, 11) is 0. The standard InChI is InChI=1S/C16H19NO/c1-11-4-6-14(7-5-11)10-18-15-8-12(2)16(17)13(3)9-15/h4-9H,10,17H2,1-3H3. The average molecular weight is 241 g/mol. The van der Waals surface area contributed by atoms with Gasteiger partial charge in [-0.3, -0.25) is 0 Å². The van der Waals surface area contributed by atoms with Crippen LogP contribution in [0.4, 0.5) is 5.69 Å². The summed E-state index contributed by atoms with van der Waals surface area (Å²) < 4.78 is 5.79. The van der Waals surface area contributed by atoms with Crippen molar-refractivity contribution >= 4 is 5.69 Å². The number of hydrogen-bond acceptors (Lipinski definition) is 2. The van der Waals surface area contributed by atoms with Gasteiger partial charge in [0.1, 0.15) is 12.4 Å². The molecule has 0 saturated heterocycles. The Kier molecular flexibility index (Phi) is 3.56. The molecule has 2 aromatic carbocycles. The predicted octanol–water partition coefficient (Wildman–Crippen LogP) is 3.77. The van der Waals surface area contributed by atoms with E-state index >= 15 is 0 Å². The van der Waals surface area contributed by atoms with Crippen molar-refractivity contribution in [1.82, 2.24) is 0 Å². The van der Waals surface area contributed by atoms with Crippen LogP contribution >= 0.6 is 0 Å². The zero-order valence-corrected chi connectivity index (χ0v) is 11.2. The summed E-state index contributed by atoms with van der Waals surface area (Å²) in [6.45, 7) is 6.67. The minimum absolute atomic E-state index is 0.586. The fourth-order valence-corrected chi connectivity index (χ4v) is 1.87. The molecule has 2 rings (SSSR count). The highest BCUT2D eigenvalue weighted by atomic mass is 16.5. The third kappa shape index (κ3) is 2.83. The minimum atomic E-state index is 0.586. The summed E-state index contributed by atoms with van der Waals surface area (Å²) in [5, 5.41) is 0. The predicted molar refractivity (Wildman–Crippen MR) is 75.8 cm³/mol. The van der Waals surface area contributed by atoms with Crippen molar-refractivity contribution in [3.63, 3.8) is 0 Å². The second-order valence-electron chi connectivity index (χ2n) is 4.75. The summed E-state index contributed by atoms with van der Waals surface area (Å²) >= 11 is 0. The second kappa shape index (κ2) is 5.13. The van der Waals surface area contributed by atoms with Gasteiger partial charge in [-0.25, -0.2) is 0 Å². The normalized spacial score (nSPS) is 10.4. The zero-order chi connectivity index (χ0) is 13.1. The van der Waals surface area contributed by atoms with Gasteiger partial charge in [-0.2, -0.15) is 0 Å². The first-order chi connectivity index (χ1) is 8.56. The van der Waals surface area contributed by atoms with Gasteiger partial charge in [0.25, 0.3) is 0 Å². The molecule has 0 heterocycles. The van der Waals surface area contributed by atoms with E-state index in [-0.39, 0.29) is 0 Å². The monoisotopic (exact) mass is 241 g/mol. The van der Waals surface area contributed by atoms with Crippen molar-refractivity contribution in [3.05, 3.63) is 58.7 Å². The quantitative estimate of drug-likeness (QED) is 0.830. The molecular weight excluding hydrogens is 222 g/mol. The molecule has 0 aliphatic carbocycles. The number of rotatable bonds is 3. The summed E-state index contributed by atoms with van der Waals surface area (Å²) in [5.41, 5.74) is 11.3. The number of anilines is 1. The van der Waals surface area contributed by atoms with E-state index in [1.54, 1.807) is 0 Å². The van der Waals surface area contributed by atoms with Crippen LogP contribution in [0.3, 0.4) is 0 Å². The highest BCUT2D eigenvalue weighted by Crippen LogP contribution is 2.24. The Labute approximate surface area is 108 Å². The molecule has 0 radical (unpaired) electrons.